The van der Waals surface area contributed by atoms with Crippen molar-refractivity contribution in [2.24, 2.45) is 0 Å². The molecule has 0 aliphatic heterocycles. The molecule has 0 bridgehead atoms. The molecule has 18 heavy (non-hydrogen) atoms. The predicted molar refractivity (Wildman–Crippen MR) is 65.8 cm³/mol. The SMILES string of the molecule is CCNC(CCC(F)(F)F)c1ccc(Br)cc1F. The number of hydrogen-bond donors (Lipinski definition) is 1. The number of benzene rings is 1. The maximum atomic E-state index is 13.7. The highest BCUT2D eigenvalue weighted by Crippen LogP contribution is 2.29. The third-order valence-corrected chi connectivity index (χ3v) is 3.00. The first-order chi connectivity index (χ1) is 8.33. The van der Waals surface area contributed by atoms with Crippen molar-refractivity contribution < 1.29 is 17.6 Å². The van der Waals surface area contributed by atoms with Crippen LogP contribution in [0.2, 0.25) is 0 Å². The molecule has 0 heterocycles. The van der Waals surface area contributed by atoms with Crippen LogP contribution in [-0.2, 0) is 0 Å². The molecule has 0 aliphatic carbocycles. The number of halogens is 5. The van der Waals surface area contributed by atoms with Gasteiger partial charge in [0, 0.05) is 22.5 Å². The topological polar surface area (TPSA) is 12.0 Å². The van der Waals surface area contributed by atoms with Crippen LogP contribution in [0.15, 0.2) is 22.7 Å². The Hall–Kier alpha value is -0.620. The molecule has 1 N–H and O–H groups in total. The molecule has 0 fully saturated rings. The van der Waals surface area contributed by atoms with Crippen LogP contribution in [0.1, 0.15) is 31.4 Å². The van der Waals surface area contributed by atoms with E-state index in [9.17, 15) is 17.6 Å². The van der Waals surface area contributed by atoms with Crippen LogP contribution in [0.25, 0.3) is 0 Å². The zero-order chi connectivity index (χ0) is 13.8. The Kier molecular flexibility index (Phi) is 5.59. The van der Waals surface area contributed by atoms with Crippen molar-refractivity contribution in [1.29, 1.82) is 0 Å². The smallest absolute Gasteiger partial charge is 0.310 e. The van der Waals surface area contributed by atoms with Gasteiger partial charge in [0.05, 0.1) is 0 Å². The Morgan fingerprint density at radius 2 is 2.00 bits per heavy atom. The van der Waals surface area contributed by atoms with Gasteiger partial charge in [-0.25, -0.2) is 4.39 Å². The molecular formula is C12H14BrF4N. The van der Waals surface area contributed by atoms with Gasteiger partial charge in [0.2, 0.25) is 0 Å². The lowest BCUT2D eigenvalue weighted by Gasteiger charge is -2.20. The standard InChI is InChI=1S/C12H14BrF4N/c1-2-18-11(5-6-12(15,16)17)9-4-3-8(13)7-10(9)14/h3-4,7,11,18H,2,5-6H2,1H3. The maximum Gasteiger partial charge on any atom is 0.389 e. The monoisotopic (exact) mass is 327 g/mol. The predicted octanol–water partition coefficient (Wildman–Crippen LogP) is 4.58. The van der Waals surface area contributed by atoms with E-state index in [1.54, 1.807) is 13.0 Å². The summed E-state index contributed by atoms with van der Waals surface area (Å²) in [6, 6.07) is 3.76. The minimum absolute atomic E-state index is 0.171. The van der Waals surface area contributed by atoms with Gasteiger partial charge >= 0.3 is 6.18 Å². The average molecular weight is 328 g/mol. The highest BCUT2D eigenvalue weighted by molar-refractivity contribution is 9.10. The third kappa shape index (κ3) is 4.94. The molecule has 1 rings (SSSR count). The lowest BCUT2D eigenvalue weighted by atomic mass is 10.0. The Labute approximate surface area is 112 Å². The molecule has 0 aromatic heterocycles. The molecule has 0 aliphatic rings. The van der Waals surface area contributed by atoms with Crippen molar-refractivity contribution >= 4 is 15.9 Å². The Morgan fingerprint density at radius 1 is 1.33 bits per heavy atom. The van der Waals surface area contributed by atoms with Crippen molar-refractivity contribution in [3.63, 3.8) is 0 Å². The van der Waals surface area contributed by atoms with Crippen molar-refractivity contribution in [3.05, 3.63) is 34.1 Å². The molecule has 1 unspecified atom stereocenters. The summed E-state index contributed by atoms with van der Waals surface area (Å²) in [6.07, 6.45) is -5.32. The first kappa shape index (κ1) is 15.4. The first-order valence-electron chi connectivity index (χ1n) is 5.58. The summed E-state index contributed by atoms with van der Waals surface area (Å²) in [5.74, 6) is -0.502. The number of nitrogens with one attached hydrogen (secondary N) is 1. The zero-order valence-electron chi connectivity index (χ0n) is 9.82. The molecule has 0 saturated carbocycles. The highest BCUT2D eigenvalue weighted by Gasteiger charge is 2.29. The van der Waals surface area contributed by atoms with Gasteiger partial charge in [-0.3, -0.25) is 0 Å². The van der Waals surface area contributed by atoms with Gasteiger partial charge in [0.1, 0.15) is 5.82 Å². The fourth-order valence-electron chi connectivity index (χ4n) is 1.71. The van der Waals surface area contributed by atoms with Crippen LogP contribution in [0.5, 0.6) is 0 Å². The van der Waals surface area contributed by atoms with Gasteiger partial charge in [0.15, 0.2) is 0 Å². The van der Waals surface area contributed by atoms with Crippen LogP contribution >= 0.6 is 15.9 Å². The second-order valence-corrected chi connectivity index (χ2v) is 4.85. The largest absolute Gasteiger partial charge is 0.389 e. The van der Waals surface area contributed by atoms with Crippen molar-refractivity contribution in [2.75, 3.05) is 6.54 Å². The molecule has 1 aromatic carbocycles. The summed E-state index contributed by atoms with van der Waals surface area (Å²) in [4.78, 5) is 0. The molecule has 1 aromatic rings. The highest BCUT2D eigenvalue weighted by atomic mass is 79.9. The van der Waals surface area contributed by atoms with E-state index in [1.807, 2.05) is 0 Å². The lowest BCUT2D eigenvalue weighted by molar-refractivity contribution is -0.136. The minimum Gasteiger partial charge on any atom is -0.310 e. The molecule has 1 atom stereocenters. The summed E-state index contributed by atoms with van der Waals surface area (Å²) >= 11 is 3.11. The quantitative estimate of drug-likeness (QED) is 0.780. The fraction of sp³-hybridized carbons (Fsp3) is 0.500. The van der Waals surface area contributed by atoms with Gasteiger partial charge in [-0.05, 0) is 25.1 Å². The molecule has 0 radical (unpaired) electrons. The fourth-order valence-corrected chi connectivity index (χ4v) is 2.04. The van der Waals surface area contributed by atoms with E-state index in [1.165, 1.54) is 12.1 Å². The van der Waals surface area contributed by atoms with Crippen LogP contribution in [0.4, 0.5) is 17.6 Å². The summed E-state index contributed by atoms with van der Waals surface area (Å²) in [5, 5.41) is 2.88. The summed E-state index contributed by atoms with van der Waals surface area (Å²) in [5.41, 5.74) is 0.268. The van der Waals surface area contributed by atoms with Crippen LogP contribution < -0.4 is 5.32 Å². The van der Waals surface area contributed by atoms with E-state index in [-0.39, 0.29) is 12.0 Å². The van der Waals surface area contributed by atoms with E-state index >= 15 is 0 Å². The van der Waals surface area contributed by atoms with E-state index in [4.69, 9.17) is 0 Å². The first-order valence-corrected chi connectivity index (χ1v) is 6.38. The molecule has 0 amide bonds. The van der Waals surface area contributed by atoms with Gasteiger partial charge in [-0.1, -0.05) is 28.9 Å². The van der Waals surface area contributed by atoms with E-state index < -0.39 is 24.5 Å². The summed E-state index contributed by atoms with van der Waals surface area (Å²) in [7, 11) is 0. The summed E-state index contributed by atoms with van der Waals surface area (Å²) < 4.78 is 50.9. The number of alkyl halides is 3. The Bertz CT molecular complexity index is 392. The minimum atomic E-state index is -4.22. The zero-order valence-corrected chi connectivity index (χ0v) is 11.4. The number of rotatable bonds is 5. The van der Waals surface area contributed by atoms with Gasteiger partial charge < -0.3 is 5.32 Å². The van der Waals surface area contributed by atoms with Crippen molar-refractivity contribution in [2.45, 2.75) is 32.0 Å². The van der Waals surface area contributed by atoms with Crippen LogP contribution in [0, 0.1) is 5.82 Å². The molecule has 1 nitrogen and oxygen atoms in total. The van der Waals surface area contributed by atoms with Gasteiger partial charge in [-0.15, -0.1) is 0 Å². The molecular weight excluding hydrogens is 314 g/mol. The third-order valence-electron chi connectivity index (χ3n) is 2.50. The van der Waals surface area contributed by atoms with E-state index in [0.717, 1.165) is 0 Å². The van der Waals surface area contributed by atoms with Crippen LogP contribution in [-0.4, -0.2) is 12.7 Å². The Balaban J connectivity index is 2.83. The van der Waals surface area contributed by atoms with E-state index in [0.29, 0.717) is 11.0 Å². The molecule has 0 saturated heterocycles. The second-order valence-electron chi connectivity index (χ2n) is 3.93. The van der Waals surface area contributed by atoms with Gasteiger partial charge in [-0.2, -0.15) is 13.2 Å². The average Bonchev–Trinajstić information content (AvgIpc) is 2.24. The van der Waals surface area contributed by atoms with Gasteiger partial charge in [0.25, 0.3) is 0 Å². The maximum absolute atomic E-state index is 13.7. The van der Waals surface area contributed by atoms with Crippen molar-refractivity contribution in [3.8, 4) is 0 Å². The molecule has 6 heteroatoms. The molecule has 102 valence electrons. The second kappa shape index (κ2) is 6.52. The Morgan fingerprint density at radius 3 is 2.50 bits per heavy atom. The normalized spacial score (nSPS) is 13.7. The summed E-state index contributed by atoms with van der Waals surface area (Å²) in [6.45, 7) is 2.26. The van der Waals surface area contributed by atoms with Crippen molar-refractivity contribution in [1.82, 2.24) is 5.32 Å². The lowest BCUT2D eigenvalue weighted by Crippen LogP contribution is -2.24. The van der Waals surface area contributed by atoms with Crippen LogP contribution in [0.3, 0.4) is 0 Å². The molecule has 0 spiro atoms. The van der Waals surface area contributed by atoms with E-state index in [2.05, 4.69) is 21.2 Å². The number of hydrogen-bond acceptors (Lipinski definition) is 1.